The van der Waals surface area contributed by atoms with Crippen LogP contribution >= 0.6 is 11.3 Å². The SMILES string of the molecule is Cn1nc(-c2cscn2)cc1C(=O)N1C[C@@H]2[C@H](C1)[C@@H]2Oc1cc(-c2ccc(F)cc2)cc(C(C)(C)NC(=O)O)n1. The largest absolute Gasteiger partial charge is 0.474 e. The number of nitrogens with zero attached hydrogens (tertiary/aromatic N) is 5. The number of likely N-dealkylation sites (tertiary alicyclic amines) is 1. The molecule has 2 amide bonds. The number of ether oxygens (including phenoxy) is 1. The number of thiazole rings is 1. The molecule has 0 unspecified atom stereocenters. The fourth-order valence-corrected chi connectivity index (χ4v) is 5.82. The molecule has 0 radical (unpaired) electrons. The molecule has 40 heavy (non-hydrogen) atoms. The van der Waals surface area contributed by atoms with Gasteiger partial charge in [0.2, 0.25) is 5.88 Å². The third kappa shape index (κ3) is 4.90. The van der Waals surface area contributed by atoms with Gasteiger partial charge in [-0.3, -0.25) is 9.48 Å². The molecule has 1 saturated carbocycles. The highest BCUT2D eigenvalue weighted by Crippen LogP contribution is 2.48. The number of amides is 2. The first-order valence-electron chi connectivity index (χ1n) is 12.8. The van der Waals surface area contributed by atoms with Gasteiger partial charge in [-0.1, -0.05) is 12.1 Å². The van der Waals surface area contributed by atoms with Crippen molar-refractivity contribution in [3.8, 4) is 28.4 Å². The summed E-state index contributed by atoms with van der Waals surface area (Å²) in [6.07, 6.45) is -1.28. The number of carbonyl (C=O) groups excluding carboxylic acids is 1. The van der Waals surface area contributed by atoms with Gasteiger partial charge in [-0.2, -0.15) is 5.10 Å². The molecule has 0 bridgehead atoms. The first-order valence-corrected chi connectivity index (χ1v) is 13.7. The van der Waals surface area contributed by atoms with Crippen molar-refractivity contribution in [2.24, 2.45) is 18.9 Å². The van der Waals surface area contributed by atoms with Gasteiger partial charge in [-0.25, -0.2) is 19.2 Å². The lowest BCUT2D eigenvalue weighted by atomic mass is 9.96. The summed E-state index contributed by atoms with van der Waals surface area (Å²) in [5.74, 6) is 0.259. The van der Waals surface area contributed by atoms with E-state index in [1.54, 1.807) is 61.4 Å². The minimum atomic E-state index is -1.17. The predicted octanol–water partition coefficient (Wildman–Crippen LogP) is 4.40. The molecule has 206 valence electrons. The van der Waals surface area contributed by atoms with Gasteiger partial charge in [0, 0.05) is 43.4 Å². The Morgan fingerprint density at radius 2 is 1.82 bits per heavy atom. The summed E-state index contributed by atoms with van der Waals surface area (Å²) in [6.45, 7) is 4.55. The minimum absolute atomic E-state index is 0.0809. The van der Waals surface area contributed by atoms with Crippen LogP contribution in [-0.2, 0) is 12.6 Å². The first-order chi connectivity index (χ1) is 19.1. The molecule has 1 aliphatic heterocycles. The van der Waals surface area contributed by atoms with Crippen LogP contribution in [0.2, 0.25) is 0 Å². The second-order valence-corrected chi connectivity index (χ2v) is 11.4. The third-order valence-corrected chi connectivity index (χ3v) is 8.08. The second-order valence-electron chi connectivity index (χ2n) is 10.7. The Balaban J connectivity index is 1.18. The Labute approximate surface area is 233 Å². The van der Waals surface area contributed by atoms with Crippen molar-refractivity contribution in [3.63, 3.8) is 0 Å². The highest BCUT2D eigenvalue weighted by Gasteiger charge is 2.59. The zero-order valence-corrected chi connectivity index (χ0v) is 22.9. The van der Waals surface area contributed by atoms with E-state index < -0.39 is 11.6 Å². The van der Waals surface area contributed by atoms with Crippen LogP contribution < -0.4 is 10.1 Å². The molecule has 2 aliphatic rings. The van der Waals surface area contributed by atoms with E-state index in [9.17, 15) is 19.1 Å². The Hall–Kier alpha value is -4.32. The van der Waals surface area contributed by atoms with Crippen LogP contribution in [0.5, 0.6) is 5.88 Å². The zero-order valence-electron chi connectivity index (χ0n) is 22.0. The number of aryl methyl sites for hydroxylation is 1. The van der Waals surface area contributed by atoms with E-state index in [1.165, 1.54) is 23.5 Å². The molecule has 1 aromatic carbocycles. The van der Waals surface area contributed by atoms with E-state index in [-0.39, 0.29) is 29.7 Å². The number of rotatable bonds is 7. The highest BCUT2D eigenvalue weighted by molar-refractivity contribution is 7.07. The van der Waals surface area contributed by atoms with Gasteiger partial charge in [0.1, 0.15) is 29.0 Å². The van der Waals surface area contributed by atoms with Gasteiger partial charge in [0.15, 0.2) is 0 Å². The highest BCUT2D eigenvalue weighted by atomic mass is 32.1. The number of carbonyl (C=O) groups is 2. The lowest BCUT2D eigenvalue weighted by Crippen LogP contribution is -2.40. The van der Waals surface area contributed by atoms with E-state index >= 15 is 0 Å². The molecule has 2 N–H and O–H groups in total. The Kier molecular flexibility index (Phi) is 6.29. The fourth-order valence-electron chi connectivity index (χ4n) is 5.27. The molecule has 0 spiro atoms. The molecule has 4 heterocycles. The van der Waals surface area contributed by atoms with Crippen LogP contribution in [0, 0.1) is 17.7 Å². The Morgan fingerprint density at radius 3 is 2.48 bits per heavy atom. The lowest BCUT2D eigenvalue weighted by Gasteiger charge is -2.25. The smallest absolute Gasteiger partial charge is 0.405 e. The van der Waals surface area contributed by atoms with Crippen LogP contribution in [0.25, 0.3) is 22.5 Å². The van der Waals surface area contributed by atoms with Gasteiger partial charge < -0.3 is 20.1 Å². The van der Waals surface area contributed by atoms with E-state index in [1.807, 2.05) is 10.3 Å². The van der Waals surface area contributed by atoms with Crippen molar-refractivity contribution in [2.75, 3.05) is 13.1 Å². The van der Waals surface area contributed by atoms with Crippen molar-refractivity contribution in [2.45, 2.75) is 25.5 Å². The number of aromatic nitrogens is 4. The van der Waals surface area contributed by atoms with Crippen molar-refractivity contribution in [1.82, 2.24) is 30.0 Å². The molecule has 1 saturated heterocycles. The summed E-state index contributed by atoms with van der Waals surface area (Å²) >= 11 is 1.48. The maximum atomic E-state index is 13.5. The molecule has 10 nitrogen and oxygen atoms in total. The molecule has 3 aromatic heterocycles. The summed E-state index contributed by atoms with van der Waals surface area (Å²) < 4.78 is 21.4. The number of carboxylic acid groups (broad SMARTS) is 1. The van der Waals surface area contributed by atoms with Crippen LogP contribution in [0.4, 0.5) is 9.18 Å². The minimum Gasteiger partial charge on any atom is -0.474 e. The Bertz CT molecular complexity index is 1570. The summed E-state index contributed by atoms with van der Waals surface area (Å²) in [5.41, 5.74) is 4.61. The number of nitrogens with one attached hydrogen (secondary N) is 1. The molecular formula is C28H27FN6O4S. The molecule has 2 fully saturated rings. The predicted molar refractivity (Wildman–Crippen MR) is 145 cm³/mol. The number of hydrogen-bond acceptors (Lipinski definition) is 7. The maximum absolute atomic E-state index is 13.5. The fraction of sp³-hybridized carbons (Fsp3) is 0.321. The van der Waals surface area contributed by atoms with Crippen LogP contribution in [0.3, 0.4) is 0 Å². The van der Waals surface area contributed by atoms with E-state index in [0.717, 1.165) is 16.8 Å². The average Bonchev–Trinajstić information content (AvgIpc) is 3.41. The number of pyridine rings is 1. The van der Waals surface area contributed by atoms with Crippen LogP contribution in [0.15, 0.2) is 53.4 Å². The molecule has 6 rings (SSSR count). The topological polar surface area (TPSA) is 122 Å². The number of fused-ring (bicyclic) bond motifs is 1. The molecule has 12 heteroatoms. The number of piperidine rings is 1. The normalized spacial score (nSPS) is 19.8. The Morgan fingerprint density at radius 1 is 1.10 bits per heavy atom. The van der Waals surface area contributed by atoms with Crippen LogP contribution in [0.1, 0.15) is 30.0 Å². The maximum Gasteiger partial charge on any atom is 0.405 e. The van der Waals surface area contributed by atoms with Gasteiger partial charge in [0.05, 0.1) is 16.7 Å². The van der Waals surface area contributed by atoms with Crippen molar-refractivity contribution in [1.29, 1.82) is 0 Å². The molecule has 4 aromatic rings. The van der Waals surface area contributed by atoms with Crippen molar-refractivity contribution in [3.05, 3.63) is 70.6 Å². The number of benzene rings is 1. The lowest BCUT2D eigenvalue weighted by molar-refractivity contribution is 0.0740. The standard InChI is InChI=1S/C28H27FN6O4S/c1-28(2,32-27(37)38)23-8-16(15-4-6-17(29)7-5-15)9-24(31-23)39-25-18-11-35(12-19(18)25)26(36)22-10-20(33-34(22)3)21-13-40-14-30-21/h4-10,13-14,18-19,25,32H,11-12H2,1-3H3,(H,37,38)/t18-,19+,25-. The summed E-state index contributed by atoms with van der Waals surface area (Å²) in [7, 11) is 1.75. The quantitative estimate of drug-likeness (QED) is 0.342. The number of halogens is 1. The van der Waals surface area contributed by atoms with Gasteiger partial charge in [0.25, 0.3) is 5.91 Å². The average molecular weight is 563 g/mol. The summed E-state index contributed by atoms with van der Waals surface area (Å²) in [5, 5.41) is 18.2. The molecule has 1 aliphatic carbocycles. The number of hydrogen-bond donors (Lipinski definition) is 2. The summed E-state index contributed by atoms with van der Waals surface area (Å²) in [4.78, 5) is 35.4. The third-order valence-electron chi connectivity index (χ3n) is 7.49. The van der Waals surface area contributed by atoms with Gasteiger partial charge in [-0.05, 0) is 49.2 Å². The van der Waals surface area contributed by atoms with Crippen molar-refractivity contribution >= 4 is 23.3 Å². The molecule has 3 atom stereocenters. The zero-order chi connectivity index (χ0) is 28.2. The monoisotopic (exact) mass is 562 g/mol. The van der Waals surface area contributed by atoms with E-state index in [4.69, 9.17) is 4.74 Å². The first kappa shape index (κ1) is 25.9. The van der Waals surface area contributed by atoms with Crippen molar-refractivity contribution < 1.29 is 23.8 Å². The van der Waals surface area contributed by atoms with Gasteiger partial charge in [-0.15, -0.1) is 11.3 Å². The summed E-state index contributed by atoms with van der Waals surface area (Å²) in [6, 6.07) is 11.4. The van der Waals surface area contributed by atoms with E-state index in [2.05, 4.69) is 20.4 Å². The van der Waals surface area contributed by atoms with E-state index in [0.29, 0.717) is 36.1 Å². The van der Waals surface area contributed by atoms with Crippen LogP contribution in [-0.4, -0.2) is 60.9 Å². The molecular weight excluding hydrogens is 535 g/mol. The second kappa shape index (κ2) is 9.70. The van der Waals surface area contributed by atoms with Gasteiger partial charge >= 0.3 is 6.09 Å².